The zero-order valence-electron chi connectivity index (χ0n) is 33.6. The molecular weight excluding hydrogens is 878 g/mol. The van der Waals surface area contributed by atoms with E-state index in [1.54, 1.807) is 0 Å². The minimum absolute atomic E-state index is 0. The number of phenols is 1. The molecule has 1 unspecified atom stereocenters. The number of aromatic hydroxyl groups is 1. The first-order valence-corrected chi connectivity index (χ1v) is 19.5. The number of pyridine rings is 1. The molecule has 0 bridgehead atoms. The summed E-state index contributed by atoms with van der Waals surface area (Å²) in [5.41, 5.74) is 13.5. The van der Waals surface area contributed by atoms with Crippen LogP contribution in [0.3, 0.4) is 0 Å². The topological polar surface area (TPSA) is 50.9 Å². The molecule has 0 spiro atoms. The largest absolute Gasteiger partial charge is 0.507 e. The summed E-state index contributed by atoms with van der Waals surface area (Å²) in [6, 6.07) is 54.5. The number of fused-ring (bicyclic) bond motifs is 1. The molecule has 288 valence electrons. The third kappa shape index (κ3) is 7.89. The van der Waals surface area contributed by atoms with Crippen LogP contribution in [0.2, 0.25) is 0 Å². The maximum absolute atomic E-state index is 12.0. The quantitative estimate of drug-likeness (QED) is 0.162. The van der Waals surface area contributed by atoms with E-state index < -0.39 is 0 Å². The summed E-state index contributed by atoms with van der Waals surface area (Å²) >= 11 is 0. The molecule has 0 aliphatic rings. The van der Waals surface area contributed by atoms with Gasteiger partial charge in [0.15, 0.2) is 0 Å². The second kappa shape index (κ2) is 15.8. The van der Waals surface area contributed by atoms with Gasteiger partial charge in [-0.15, -0.1) is 29.3 Å². The Labute approximate surface area is 351 Å². The zero-order chi connectivity index (χ0) is 39.2. The molecule has 0 radical (unpaired) electrons. The summed E-state index contributed by atoms with van der Waals surface area (Å²) in [7, 11) is 0. The van der Waals surface area contributed by atoms with Crippen LogP contribution in [-0.2, 0) is 31.9 Å². The van der Waals surface area contributed by atoms with Gasteiger partial charge in [0.2, 0.25) is 0 Å². The fourth-order valence-corrected chi connectivity index (χ4v) is 7.60. The Balaban J connectivity index is 0.00000496. The van der Waals surface area contributed by atoms with Crippen LogP contribution in [0.4, 0.5) is 0 Å². The van der Waals surface area contributed by atoms with E-state index in [0.717, 1.165) is 55.8 Å². The third-order valence-corrected chi connectivity index (χ3v) is 10.9. The molecule has 0 fully saturated rings. The van der Waals surface area contributed by atoms with Crippen molar-refractivity contribution >= 4 is 11.0 Å². The predicted octanol–water partition coefficient (Wildman–Crippen LogP) is 13.3. The Hall–Kier alpha value is -5.57. The molecule has 1 atom stereocenters. The van der Waals surface area contributed by atoms with Crippen LogP contribution in [0.1, 0.15) is 76.6 Å². The Morgan fingerprint density at radius 3 is 1.95 bits per heavy atom. The van der Waals surface area contributed by atoms with E-state index in [1.165, 1.54) is 16.7 Å². The SMILES string of the molecule is CC(c1ccccc1)c1cccc(-n2c(-c3cccc(C(C)(C)C)c3O)nc3c(-c4[c-]c(-c5ccc(-c6ccccc6)cn5)cc(C(C)(C)C)c4)cccc32)c1.[Pt]. The van der Waals surface area contributed by atoms with Gasteiger partial charge in [-0.3, -0.25) is 9.55 Å². The molecule has 6 aromatic carbocycles. The molecule has 2 aromatic heterocycles. The second-order valence-electron chi connectivity index (χ2n) is 16.9. The Kier molecular flexibility index (Phi) is 11.0. The van der Waals surface area contributed by atoms with Gasteiger partial charge in [0.05, 0.1) is 16.6 Å². The number of aromatic nitrogens is 3. The van der Waals surface area contributed by atoms with Gasteiger partial charge >= 0.3 is 0 Å². The smallest absolute Gasteiger partial charge is 0.148 e. The molecule has 57 heavy (non-hydrogen) atoms. The molecule has 8 aromatic rings. The van der Waals surface area contributed by atoms with Crippen molar-refractivity contribution in [1.82, 2.24) is 14.5 Å². The molecule has 4 nitrogen and oxygen atoms in total. The number of hydrogen-bond acceptors (Lipinski definition) is 3. The van der Waals surface area contributed by atoms with E-state index in [2.05, 4.69) is 168 Å². The minimum Gasteiger partial charge on any atom is -0.507 e. The van der Waals surface area contributed by atoms with E-state index in [9.17, 15) is 5.11 Å². The predicted molar refractivity (Wildman–Crippen MR) is 232 cm³/mol. The number of rotatable bonds is 7. The number of imidazole rings is 1. The molecule has 0 saturated heterocycles. The first-order valence-electron chi connectivity index (χ1n) is 19.5. The van der Waals surface area contributed by atoms with Crippen molar-refractivity contribution in [3.63, 3.8) is 0 Å². The number of para-hydroxylation sites is 2. The number of hydrogen-bond donors (Lipinski definition) is 1. The number of phenolic OH excluding ortho intramolecular Hbond substituents is 1. The molecule has 2 heterocycles. The maximum atomic E-state index is 12.0. The molecule has 0 amide bonds. The Morgan fingerprint density at radius 1 is 0.614 bits per heavy atom. The monoisotopic (exact) mass is 925 g/mol. The Morgan fingerprint density at radius 2 is 1.26 bits per heavy atom. The van der Waals surface area contributed by atoms with Crippen LogP contribution in [0.15, 0.2) is 152 Å². The summed E-state index contributed by atoms with van der Waals surface area (Å²) < 4.78 is 2.21. The van der Waals surface area contributed by atoms with Crippen molar-refractivity contribution in [2.75, 3.05) is 0 Å². The van der Waals surface area contributed by atoms with Gasteiger partial charge in [0.1, 0.15) is 11.6 Å². The summed E-state index contributed by atoms with van der Waals surface area (Å²) in [6.07, 6.45) is 1.95. The fraction of sp³-hybridized carbons (Fsp3) is 0.192. The summed E-state index contributed by atoms with van der Waals surface area (Å²) in [5.74, 6) is 1.12. The average molecular weight is 926 g/mol. The van der Waals surface area contributed by atoms with Crippen molar-refractivity contribution < 1.29 is 26.2 Å². The first-order chi connectivity index (χ1) is 26.9. The van der Waals surface area contributed by atoms with Crippen molar-refractivity contribution in [3.05, 3.63) is 180 Å². The second-order valence-corrected chi connectivity index (χ2v) is 16.9. The van der Waals surface area contributed by atoms with E-state index in [-0.39, 0.29) is 43.6 Å². The molecule has 1 N–H and O–H groups in total. The van der Waals surface area contributed by atoms with E-state index >= 15 is 0 Å². The molecule has 5 heteroatoms. The van der Waals surface area contributed by atoms with Gasteiger partial charge < -0.3 is 5.11 Å². The van der Waals surface area contributed by atoms with Crippen LogP contribution in [0.5, 0.6) is 5.75 Å². The van der Waals surface area contributed by atoms with Gasteiger partial charge in [0, 0.05) is 44.6 Å². The molecule has 8 rings (SSSR count). The normalized spacial score (nSPS) is 12.3. The van der Waals surface area contributed by atoms with E-state index in [4.69, 9.17) is 9.97 Å². The van der Waals surface area contributed by atoms with Crippen LogP contribution in [0, 0.1) is 6.07 Å². The van der Waals surface area contributed by atoms with E-state index in [0.29, 0.717) is 11.4 Å². The molecule has 0 aliphatic heterocycles. The molecule has 0 saturated carbocycles. The standard InChI is InChI=1S/C52H48N3O.Pt/c1-34(35-17-10-8-11-18-35)37-21-14-22-42(32-37)55-47-26-16-23-43(48(47)54-50(55)44-24-15-25-45(49(44)56)52(5,6)7)39-29-40(31-41(30-39)51(2,3)4)46-28-27-38(33-53-46)36-19-12-9-13-20-36;/h8-28,30-34,56H,1-7H3;/q-1;. The minimum atomic E-state index is -0.265. The van der Waals surface area contributed by atoms with Gasteiger partial charge in [0.25, 0.3) is 0 Å². The number of benzene rings is 6. The van der Waals surface area contributed by atoms with Gasteiger partial charge in [-0.1, -0.05) is 169 Å². The summed E-state index contributed by atoms with van der Waals surface area (Å²) in [4.78, 5) is 10.4. The van der Waals surface area contributed by atoms with Crippen LogP contribution < -0.4 is 0 Å². The van der Waals surface area contributed by atoms with Gasteiger partial charge in [-0.2, -0.15) is 0 Å². The Bertz CT molecular complexity index is 2670. The summed E-state index contributed by atoms with van der Waals surface area (Å²) in [6.45, 7) is 15.3. The fourth-order valence-electron chi connectivity index (χ4n) is 7.60. The molecule has 0 aliphatic carbocycles. The molecular formula is C52H48N3OPt-. The number of nitrogens with zero attached hydrogens (tertiary/aromatic N) is 3. The van der Waals surface area contributed by atoms with Crippen LogP contribution in [0.25, 0.3) is 61.6 Å². The van der Waals surface area contributed by atoms with Crippen molar-refractivity contribution in [2.24, 2.45) is 0 Å². The summed E-state index contributed by atoms with van der Waals surface area (Å²) in [5, 5.41) is 12.0. The first kappa shape index (κ1) is 39.7. The van der Waals surface area contributed by atoms with Crippen molar-refractivity contribution in [2.45, 2.75) is 65.2 Å². The van der Waals surface area contributed by atoms with E-state index in [1.807, 2.05) is 42.6 Å². The van der Waals surface area contributed by atoms with Crippen molar-refractivity contribution in [3.8, 4) is 56.3 Å². The zero-order valence-corrected chi connectivity index (χ0v) is 35.9. The van der Waals surface area contributed by atoms with Crippen LogP contribution in [-0.4, -0.2) is 19.6 Å². The van der Waals surface area contributed by atoms with Crippen LogP contribution >= 0.6 is 0 Å². The average Bonchev–Trinajstić information content (AvgIpc) is 3.60. The van der Waals surface area contributed by atoms with Gasteiger partial charge in [-0.05, 0) is 62.9 Å². The van der Waals surface area contributed by atoms with Crippen molar-refractivity contribution in [1.29, 1.82) is 0 Å². The van der Waals surface area contributed by atoms with Gasteiger partial charge in [-0.25, -0.2) is 4.98 Å². The maximum Gasteiger partial charge on any atom is 0.148 e. The third-order valence-electron chi connectivity index (χ3n) is 10.9.